The van der Waals surface area contributed by atoms with E-state index in [0.29, 0.717) is 30.8 Å². The van der Waals surface area contributed by atoms with Gasteiger partial charge in [-0.3, -0.25) is 9.52 Å². The summed E-state index contributed by atoms with van der Waals surface area (Å²) in [6.07, 6.45) is -3.31. The van der Waals surface area contributed by atoms with E-state index in [-0.39, 0.29) is 36.1 Å². The quantitative estimate of drug-likeness (QED) is 0.230. The fourth-order valence-electron chi connectivity index (χ4n) is 5.06. The second-order valence-corrected chi connectivity index (χ2v) is 12.3. The van der Waals surface area contributed by atoms with Crippen LogP contribution < -0.4 is 9.62 Å². The fraction of sp³-hybridized carbons (Fsp3) is 0.367. The normalized spacial score (nSPS) is 19.3. The van der Waals surface area contributed by atoms with Crippen LogP contribution in [0.4, 0.5) is 24.5 Å². The molecule has 0 amide bonds. The van der Waals surface area contributed by atoms with Gasteiger partial charge in [0.15, 0.2) is 16.9 Å². The molecule has 1 saturated heterocycles. The average molecular weight is 620 g/mol. The molecule has 1 aliphatic heterocycles. The van der Waals surface area contributed by atoms with Crippen molar-refractivity contribution in [3.8, 4) is 5.75 Å². The molecule has 230 valence electrons. The van der Waals surface area contributed by atoms with Gasteiger partial charge in [0.1, 0.15) is 11.4 Å². The lowest BCUT2D eigenvalue weighted by Gasteiger charge is -2.44. The number of sulfonamides is 1. The number of aromatic hydroxyl groups is 1. The third-order valence-corrected chi connectivity index (χ3v) is 8.85. The maximum Gasteiger partial charge on any atom is 0.417 e. The van der Waals surface area contributed by atoms with E-state index < -0.39 is 44.4 Å². The number of phenolic OH excluding ortho intramolecular Hbond substituents is 1. The highest BCUT2D eigenvalue weighted by Crippen LogP contribution is 2.38. The van der Waals surface area contributed by atoms with Crippen LogP contribution in [-0.4, -0.2) is 48.4 Å². The van der Waals surface area contributed by atoms with Crippen molar-refractivity contribution in [2.24, 2.45) is 5.92 Å². The summed E-state index contributed by atoms with van der Waals surface area (Å²) in [5.74, 6) is -1.07. The van der Waals surface area contributed by atoms with Crippen LogP contribution in [-0.2, 0) is 36.9 Å². The molecule has 9 nitrogen and oxygen atoms in total. The Morgan fingerprint density at radius 2 is 1.81 bits per heavy atom. The number of likely N-dealkylation sites (N-methyl/N-ethyl adjacent to an activating group) is 1. The first-order valence-corrected chi connectivity index (χ1v) is 15.1. The summed E-state index contributed by atoms with van der Waals surface area (Å²) in [5.41, 5.74) is -0.768. The van der Waals surface area contributed by atoms with E-state index in [2.05, 4.69) is 9.71 Å². The van der Waals surface area contributed by atoms with E-state index in [1.54, 1.807) is 37.3 Å². The molecule has 1 fully saturated rings. The number of rotatable bonds is 10. The van der Waals surface area contributed by atoms with Crippen LogP contribution in [0, 0.1) is 5.92 Å². The van der Waals surface area contributed by atoms with Gasteiger partial charge in [0, 0.05) is 24.8 Å². The van der Waals surface area contributed by atoms with E-state index in [1.807, 2.05) is 13.8 Å². The van der Waals surface area contributed by atoms with E-state index in [1.165, 1.54) is 23.1 Å². The molecular formula is C30H32F3N3O6S. The Morgan fingerprint density at radius 3 is 2.37 bits per heavy atom. The van der Waals surface area contributed by atoms with Crippen molar-refractivity contribution in [3.63, 3.8) is 0 Å². The number of aryl methyl sites for hydroxylation is 1. The lowest BCUT2D eigenvalue weighted by atomic mass is 9.77. The lowest BCUT2D eigenvalue weighted by Crippen LogP contribution is -2.59. The standard InChI is InChI=1S/C30H32F3N3O6S/c1-4-36(23-7-5-6-22(16-23)35-43(40,41)26-13-10-21(18-34-26)30(31,32)33)27-25(38)17-29(19(2)3,42-28(27)39)15-14-20-8-11-24(37)12-9-20/h5-13,16,18-19,27,35,37H,4,14-15,17H2,1-3H3/t27?,29-/m1/s1. The molecular weight excluding hydrogens is 587 g/mol. The van der Waals surface area contributed by atoms with Crippen molar-refractivity contribution >= 4 is 33.2 Å². The topological polar surface area (TPSA) is 126 Å². The van der Waals surface area contributed by atoms with Gasteiger partial charge in [-0.1, -0.05) is 32.0 Å². The molecule has 2 aromatic carbocycles. The molecule has 2 heterocycles. The summed E-state index contributed by atoms with van der Waals surface area (Å²) < 4.78 is 72.5. The van der Waals surface area contributed by atoms with E-state index in [9.17, 15) is 36.3 Å². The number of benzene rings is 2. The highest BCUT2D eigenvalue weighted by atomic mass is 32.2. The Hall–Kier alpha value is -4.13. The molecule has 3 aromatic rings. The van der Waals surface area contributed by atoms with Crippen LogP contribution in [0.2, 0.25) is 0 Å². The number of anilines is 2. The molecule has 13 heteroatoms. The number of hydrogen-bond donors (Lipinski definition) is 2. The van der Waals surface area contributed by atoms with Gasteiger partial charge in [-0.2, -0.15) is 21.6 Å². The summed E-state index contributed by atoms with van der Waals surface area (Å²) in [5, 5.41) is 8.94. The number of Topliss-reactive ketones (excluding diaryl/α,β-unsaturated/α-hetero) is 1. The zero-order chi connectivity index (χ0) is 31.6. The van der Waals surface area contributed by atoms with Crippen LogP contribution >= 0.6 is 0 Å². The lowest BCUT2D eigenvalue weighted by molar-refractivity contribution is -0.179. The van der Waals surface area contributed by atoms with Crippen molar-refractivity contribution in [2.75, 3.05) is 16.2 Å². The molecule has 1 aromatic heterocycles. The first-order valence-electron chi connectivity index (χ1n) is 13.6. The van der Waals surface area contributed by atoms with Gasteiger partial charge >= 0.3 is 12.1 Å². The molecule has 43 heavy (non-hydrogen) atoms. The van der Waals surface area contributed by atoms with Crippen LogP contribution in [0.5, 0.6) is 5.75 Å². The number of hydrogen-bond acceptors (Lipinski definition) is 8. The van der Waals surface area contributed by atoms with Gasteiger partial charge < -0.3 is 14.7 Å². The van der Waals surface area contributed by atoms with Gasteiger partial charge in [-0.15, -0.1) is 0 Å². The predicted molar refractivity (Wildman–Crippen MR) is 153 cm³/mol. The fourth-order valence-corrected chi connectivity index (χ4v) is 6.04. The molecule has 1 aliphatic rings. The number of pyridine rings is 1. The Kier molecular flexibility index (Phi) is 9.05. The Bertz CT molecular complexity index is 1560. The zero-order valence-electron chi connectivity index (χ0n) is 23.8. The number of nitrogens with zero attached hydrogens (tertiary/aromatic N) is 2. The van der Waals surface area contributed by atoms with Gasteiger partial charge in [0.2, 0.25) is 0 Å². The van der Waals surface area contributed by atoms with Gasteiger partial charge in [-0.25, -0.2) is 9.78 Å². The summed E-state index contributed by atoms with van der Waals surface area (Å²) in [7, 11) is -4.35. The van der Waals surface area contributed by atoms with E-state index in [4.69, 9.17) is 4.74 Å². The number of ether oxygens (including phenoxy) is 1. The molecule has 1 unspecified atom stereocenters. The maximum atomic E-state index is 13.6. The number of halogens is 3. The van der Waals surface area contributed by atoms with E-state index in [0.717, 1.165) is 11.6 Å². The molecule has 0 bridgehead atoms. The molecule has 0 saturated carbocycles. The second kappa shape index (κ2) is 12.2. The van der Waals surface area contributed by atoms with Crippen molar-refractivity contribution in [2.45, 2.75) is 62.9 Å². The number of carbonyl (C=O) groups excluding carboxylic acids is 2. The number of esters is 1. The summed E-state index contributed by atoms with van der Waals surface area (Å²) >= 11 is 0. The number of alkyl halides is 3. The number of nitrogens with one attached hydrogen (secondary N) is 1. The Morgan fingerprint density at radius 1 is 1.12 bits per heavy atom. The van der Waals surface area contributed by atoms with Gasteiger partial charge in [0.25, 0.3) is 10.0 Å². The third kappa shape index (κ3) is 7.10. The minimum absolute atomic E-state index is 0.0123. The van der Waals surface area contributed by atoms with Gasteiger partial charge in [-0.05, 0) is 73.7 Å². The number of aromatic nitrogens is 1. The van der Waals surface area contributed by atoms with Crippen molar-refractivity contribution < 1.29 is 41.0 Å². The number of ketones is 1. The first kappa shape index (κ1) is 31.8. The largest absolute Gasteiger partial charge is 0.508 e. The average Bonchev–Trinajstić information content (AvgIpc) is 2.94. The third-order valence-electron chi connectivity index (χ3n) is 7.55. The highest BCUT2D eigenvalue weighted by Gasteiger charge is 2.50. The molecule has 2 atom stereocenters. The van der Waals surface area contributed by atoms with Crippen LogP contribution in [0.3, 0.4) is 0 Å². The first-order chi connectivity index (χ1) is 20.1. The van der Waals surface area contributed by atoms with E-state index >= 15 is 0 Å². The van der Waals surface area contributed by atoms with Gasteiger partial charge in [0.05, 0.1) is 11.3 Å². The van der Waals surface area contributed by atoms with Crippen LogP contribution in [0.25, 0.3) is 0 Å². The Balaban J connectivity index is 1.53. The van der Waals surface area contributed by atoms with Crippen LogP contribution in [0.1, 0.15) is 44.7 Å². The SMILES string of the molecule is CCN(c1cccc(NS(=O)(=O)c2ccc(C(F)(F)F)cn2)c1)C1C(=O)C[C@](CCc2ccc(O)cc2)(C(C)C)OC1=O. The van der Waals surface area contributed by atoms with Crippen molar-refractivity contribution in [1.29, 1.82) is 0 Å². The summed E-state index contributed by atoms with van der Waals surface area (Å²) in [6.45, 7) is 5.72. The zero-order valence-corrected chi connectivity index (χ0v) is 24.6. The smallest absolute Gasteiger partial charge is 0.417 e. The van der Waals surface area contributed by atoms with Crippen molar-refractivity contribution in [1.82, 2.24) is 4.98 Å². The minimum atomic E-state index is -4.67. The minimum Gasteiger partial charge on any atom is -0.508 e. The maximum absolute atomic E-state index is 13.6. The number of phenols is 1. The molecule has 0 spiro atoms. The summed E-state index contributed by atoms with van der Waals surface area (Å²) in [4.78, 5) is 32.0. The second-order valence-electron chi connectivity index (χ2n) is 10.7. The molecule has 2 N–H and O–H groups in total. The summed E-state index contributed by atoms with van der Waals surface area (Å²) in [6, 6.07) is 12.8. The number of carbonyl (C=O) groups is 2. The molecule has 0 aliphatic carbocycles. The van der Waals surface area contributed by atoms with Crippen LogP contribution in [0.15, 0.2) is 71.9 Å². The van der Waals surface area contributed by atoms with Crippen molar-refractivity contribution in [3.05, 3.63) is 78.0 Å². The molecule has 0 radical (unpaired) electrons. The Labute approximate surface area is 247 Å². The monoisotopic (exact) mass is 619 g/mol. The highest BCUT2D eigenvalue weighted by molar-refractivity contribution is 7.92. The predicted octanol–water partition coefficient (Wildman–Crippen LogP) is 5.35. The molecule has 4 rings (SSSR count). The number of cyclic esters (lactones) is 1.